The largest absolute Gasteiger partial charge is 0.459 e. The maximum Gasteiger partial charge on any atom is 0.341 e. The van der Waals surface area contributed by atoms with Gasteiger partial charge in [0.05, 0.1) is 34.6 Å². The summed E-state index contributed by atoms with van der Waals surface area (Å²) in [5.41, 5.74) is 4.27. The van der Waals surface area contributed by atoms with E-state index in [9.17, 15) is 9.59 Å². The number of amides is 1. The van der Waals surface area contributed by atoms with E-state index in [0.717, 1.165) is 54.1 Å². The van der Waals surface area contributed by atoms with Gasteiger partial charge >= 0.3 is 5.97 Å². The number of anilines is 1. The number of hydrogen-bond acceptors (Lipinski definition) is 6. The van der Waals surface area contributed by atoms with Crippen LogP contribution >= 0.6 is 11.3 Å². The van der Waals surface area contributed by atoms with Crippen molar-refractivity contribution >= 4 is 39.1 Å². The van der Waals surface area contributed by atoms with Crippen molar-refractivity contribution in [3.63, 3.8) is 0 Å². The summed E-state index contributed by atoms with van der Waals surface area (Å²) in [6.07, 6.45) is 8.02. The molecule has 0 aliphatic heterocycles. The summed E-state index contributed by atoms with van der Waals surface area (Å²) in [4.78, 5) is 32.7. The number of thiophene rings is 1. The molecule has 8 heteroatoms. The van der Waals surface area contributed by atoms with Crippen LogP contribution in [0.5, 0.6) is 0 Å². The van der Waals surface area contributed by atoms with Crippen LogP contribution in [-0.2, 0) is 24.6 Å². The number of fused-ring (bicyclic) bond motifs is 2. The monoisotopic (exact) mass is 488 g/mol. The summed E-state index contributed by atoms with van der Waals surface area (Å²) in [6, 6.07) is 9.37. The molecule has 35 heavy (non-hydrogen) atoms. The molecule has 1 amide bonds. The van der Waals surface area contributed by atoms with Crippen LogP contribution in [0.15, 0.2) is 42.7 Å². The van der Waals surface area contributed by atoms with Crippen LogP contribution in [0.1, 0.15) is 64.3 Å². The van der Waals surface area contributed by atoms with E-state index in [4.69, 9.17) is 9.72 Å². The summed E-state index contributed by atoms with van der Waals surface area (Å²) >= 11 is 1.50. The van der Waals surface area contributed by atoms with Crippen molar-refractivity contribution in [2.75, 3.05) is 5.32 Å². The number of carbonyl (C=O) groups excluding carboxylic acids is 2. The highest BCUT2D eigenvalue weighted by molar-refractivity contribution is 7.17. The molecule has 1 aromatic carbocycles. The second-order valence-electron chi connectivity index (χ2n) is 8.97. The first-order valence-corrected chi connectivity index (χ1v) is 12.8. The van der Waals surface area contributed by atoms with Gasteiger partial charge in [-0.2, -0.15) is 5.10 Å². The van der Waals surface area contributed by atoms with Crippen LogP contribution in [-0.4, -0.2) is 32.7 Å². The Kier molecular flexibility index (Phi) is 6.38. The number of para-hydroxylation sites is 1. The number of rotatable bonds is 6. The topological polar surface area (TPSA) is 86.1 Å². The first-order chi connectivity index (χ1) is 16.9. The van der Waals surface area contributed by atoms with Gasteiger partial charge in [0.25, 0.3) is 5.91 Å². The quantitative estimate of drug-likeness (QED) is 0.348. The van der Waals surface area contributed by atoms with Gasteiger partial charge in [-0.3, -0.25) is 9.48 Å². The van der Waals surface area contributed by atoms with Gasteiger partial charge < -0.3 is 10.1 Å². The van der Waals surface area contributed by atoms with Gasteiger partial charge in [-0.05, 0) is 56.7 Å². The third kappa shape index (κ3) is 4.58. The third-order valence-corrected chi connectivity index (χ3v) is 7.65. The zero-order chi connectivity index (χ0) is 24.5. The average Bonchev–Trinajstić information content (AvgIpc) is 3.46. The van der Waals surface area contributed by atoms with Crippen LogP contribution in [0.3, 0.4) is 0 Å². The Morgan fingerprint density at radius 1 is 1.23 bits per heavy atom. The molecule has 3 heterocycles. The zero-order valence-corrected chi connectivity index (χ0v) is 20.9. The molecule has 7 nitrogen and oxygen atoms in total. The Bertz CT molecular complexity index is 1420. The lowest BCUT2D eigenvalue weighted by Gasteiger charge is -2.15. The van der Waals surface area contributed by atoms with E-state index in [2.05, 4.69) is 10.4 Å². The molecule has 0 bridgehead atoms. The molecule has 1 atom stereocenters. The van der Waals surface area contributed by atoms with Gasteiger partial charge in [0, 0.05) is 29.1 Å². The van der Waals surface area contributed by atoms with Crippen LogP contribution in [0, 0.1) is 0 Å². The summed E-state index contributed by atoms with van der Waals surface area (Å²) in [7, 11) is 1.84. The lowest BCUT2D eigenvalue weighted by atomic mass is 9.95. The normalized spacial score (nSPS) is 13.9. The smallest absolute Gasteiger partial charge is 0.341 e. The number of nitrogens with one attached hydrogen (secondary N) is 1. The Labute approximate surface area is 208 Å². The number of pyridine rings is 1. The molecular weight excluding hydrogens is 460 g/mol. The third-order valence-electron chi connectivity index (χ3n) is 6.45. The second-order valence-corrected chi connectivity index (χ2v) is 10.1. The lowest BCUT2D eigenvalue weighted by molar-refractivity contribution is 0.0335. The van der Waals surface area contributed by atoms with E-state index >= 15 is 0 Å². The van der Waals surface area contributed by atoms with Gasteiger partial charge in [0.15, 0.2) is 0 Å². The zero-order valence-electron chi connectivity index (χ0n) is 20.1. The molecule has 0 saturated heterocycles. The van der Waals surface area contributed by atoms with Gasteiger partial charge in [-0.15, -0.1) is 11.3 Å². The summed E-state index contributed by atoms with van der Waals surface area (Å²) in [5, 5.41) is 8.62. The Morgan fingerprint density at radius 3 is 2.80 bits per heavy atom. The van der Waals surface area contributed by atoms with Gasteiger partial charge in [0.2, 0.25) is 0 Å². The van der Waals surface area contributed by atoms with Gasteiger partial charge in [-0.25, -0.2) is 9.78 Å². The average molecular weight is 489 g/mol. The molecule has 0 spiro atoms. The Morgan fingerprint density at radius 2 is 2.03 bits per heavy atom. The van der Waals surface area contributed by atoms with Gasteiger partial charge in [-0.1, -0.05) is 25.1 Å². The first kappa shape index (κ1) is 23.2. The molecule has 1 aliphatic rings. The molecular formula is C27H28N4O3S. The molecule has 3 aromatic heterocycles. The Hall–Kier alpha value is -3.52. The molecule has 1 unspecified atom stereocenters. The fraction of sp³-hybridized carbons (Fsp3) is 0.333. The van der Waals surface area contributed by atoms with E-state index < -0.39 is 0 Å². The maximum absolute atomic E-state index is 13.7. The number of ether oxygens (including phenoxy) is 1. The minimum Gasteiger partial charge on any atom is -0.459 e. The summed E-state index contributed by atoms with van der Waals surface area (Å²) < 4.78 is 7.39. The van der Waals surface area contributed by atoms with Crippen LogP contribution in [0.2, 0.25) is 0 Å². The number of aryl methyl sites for hydroxylation is 2. The minimum absolute atomic E-state index is 0.184. The second kappa shape index (κ2) is 9.62. The first-order valence-electron chi connectivity index (χ1n) is 12.0. The number of benzene rings is 1. The molecule has 180 valence electrons. The Balaban J connectivity index is 1.55. The van der Waals surface area contributed by atoms with Crippen LogP contribution in [0.4, 0.5) is 5.00 Å². The summed E-state index contributed by atoms with van der Waals surface area (Å²) in [5.74, 6) is -0.630. The maximum atomic E-state index is 13.7. The van der Waals surface area contributed by atoms with Crippen molar-refractivity contribution < 1.29 is 14.3 Å². The van der Waals surface area contributed by atoms with Crippen molar-refractivity contribution in [2.24, 2.45) is 7.05 Å². The fourth-order valence-corrected chi connectivity index (χ4v) is 5.70. The van der Waals surface area contributed by atoms with Crippen molar-refractivity contribution in [3.05, 3.63) is 64.3 Å². The van der Waals surface area contributed by atoms with E-state index in [1.165, 1.54) is 16.2 Å². The lowest BCUT2D eigenvalue weighted by Crippen LogP contribution is -2.19. The van der Waals surface area contributed by atoms with Crippen molar-refractivity contribution in [1.29, 1.82) is 0 Å². The van der Waals surface area contributed by atoms with Gasteiger partial charge in [0.1, 0.15) is 5.00 Å². The predicted molar refractivity (Wildman–Crippen MR) is 138 cm³/mol. The van der Waals surface area contributed by atoms with Crippen molar-refractivity contribution in [1.82, 2.24) is 14.8 Å². The number of aromatic nitrogens is 3. The molecule has 1 N–H and O–H groups in total. The number of esters is 1. The SMILES string of the molecule is CCC(C)OC(=O)c1c(NC(=O)c2cc(-c3cnn(C)c3)nc3ccccc23)sc2c1CCCC2. The molecule has 0 saturated carbocycles. The van der Waals surface area contributed by atoms with Crippen LogP contribution < -0.4 is 5.32 Å². The van der Waals surface area contributed by atoms with E-state index in [0.29, 0.717) is 21.8 Å². The molecule has 5 rings (SSSR count). The molecule has 0 radical (unpaired) electrons. The highest BCUT2D eigenvalue weighted by Crippen LogP contribution is 2.39. The highest BCUT2D eigenvalue weighted by Gasteiger charge is 2.29. The predicted octanol–water partition coefficient (Wildman–Crippen LogP) is 5.78. The highest BCUT2D eigenvalue weighted by atomic mass is 32.1. The summed E-state index contributed by atoms with van der Waals surface area (Å²) in [6.45, 7) is 3.87. The van der Waals surface area contributed by atoms with E-state index in [-0.39, 0.29) is 18.0 Å². The van der Waals surface area contributed by atoms with E-state index in [1.54, 1.807) is 16.9 Å². The number of nitrogens with zero attached hydrogens (tertiary/aromatic N) is 3. The number of carbonyl (C=O) groups is 2. The standard InChI is InChI=1S/C27H28N4O3S/c1-4-16(2)34-27(33)24-19-10-6-8-12-23(19)35-26(24)30-25(32)20-13-22(17-14-28-31(3)15-17)29-21-11-7-5-9-18(20)21/h5,7,9,11,13-16H,4,6,8,10,12H2,1-3H3,(H,30,32). The number of hydrogen-bond donors (Lipinski definition) is 1. The molecule has 0 fully saturated rings. The minimum atomic E-state index is -0.357. The molecule has 4 aromatic rings. The van der Waals surface area contributed by atoms with E-state index in [1.807, 2.05) is 51.4 Å². The van der Waals surface area contributed by atoms with Crippen LogP contribution in [0.25, 0.3) is 22.2 Å². The fourth-order valence-electron chi connectivity index (χ4n) is 4.43. The molecule has 1 aliphatic carbocycles. The van der Waals surface area contributed by atoms with Crippen molar-refractivity contribution in [2.45, 2.75) is 52.1 Å². The van der Waals surface area contributed by atoms with Crippen molar-refractivity contribution in [3.8, 4) is 11.3 Å².